The predicted octanol–water partition coefficient (Wildman–Crippen LogP) is 23.8. The molecule has 0 fully saturated rings. The second-order valence-corrected chi connectivity index (χ2v) is 44.0. The third-order valence-corrected chi connectivity index (χ3v) is 30.0. The molecule has 0 atom stereocenters. The van der Waals surface area contributed by atoms with Crippen molar-refractivity contribution in [1.29, 1.82) is 0 Å². The molecule has 612 valence electrons. The third kappa shape index (κ3) is 18.1. The Balaban J connectivity index is 1.10. The first-order chi connectivity index (χ1) is 55.8. The maximum absolute atomic E-state index is 16.6. The van der Waals surface area contributed by atoms with Crippen molar-refractivity contribution in [3.05, 3.63) is 354 Å². The maximum atomic E-state index is 16.6. The van der Waals surface area contributed by atoms with Gasteiger partial charge in [0.2, 0.25) is 0 Å². The normalized spacial score (nSPS) is 13.3. The van der Waals surface area contributed by atoms with Crippen LogP contribution >= 0.6 is 14.3 Å². The summed E-state index contributed by atoms with van der Waals surface area (Å²) in [6, 6.07) is 84.3. The van der Waals surface area contributed by atoms with Gasteiger partial charge in [-0.05, 0) is 133 Å². The highest BCUT2D eigenvalue weighted by Crippen LogP contribution is 2.50. The van der Waals surface area contributed by atoms with Gasteiger partial charge < -0.3 is 37.6 Å². The maximum Gasteiger partial charge on any atom is 0.171 e. The van der Waals surface area contributed by atoms with Gasteiger partial charge in [-0.2, -0.15) is 0 Å². The highest BCUT2D eigenvalue weighted by molar-refractivity contribution is 7.85. The molecule has 0 saturated carbocycles. The zero-order valence-electron chi connectivity index (χ0n) is 73.9. The van der Waals surface area contributed by atoms with Gasteiger partial charge in [0.05, 0.1) is 28.4 Å². The van der Waals surface area contributed by atoms with Crippen molar-refractivity contribution in [2.45, 2.75) is 209 Å². The topological polar surface area (TPSA) is 89.5 Å². The van der Waals surface area contributed by atoms with Gasteiger partial charge in [-0.15, -0.1) is 0 Å². The van der Waals surface area contributed by atoms with E-state index in [1.807, 2.05) is 186 Å². The average Bonchev–Trinajstić information content (AvgIpc) is 0.763. The van der Waals surface area contributed by atoms with E-state index in [1.165, 1.54) is 22.3 Å². The molecule has 0 amide bonds. The van der Waals surface area contributed by atoms with Crippen molar-refractivity contribution in [2.24, 2.45) is 0 Å². The van der Waals surface area contributed by atoms with Crippen LogP contribution in [0.2, 0.25) is 0 Å². The molecule has 0 saturated heterocycles. The Morgan fingerprint density at radius 2 is 0.390 bits per heavy atom. The molecule has 0 aliphatic heterocycles. The van der Waals surface area contributed by atoms with Gasteiger partial charge in [0, 0.05) is 81.5 Å². The van der Waals surface area contributed by atoms with E-state index in [-0.39, 0.29) is 45.7 Å². The molecule has 0 unspecified atom stereocenters. The second kappa shape index (κ2) is 34.0. The fraction of sp³-hybridized carbons (Fsp3) is 0.333. The van der Waals surface area contributed by atoms with Gasteiger partial charge in [0.25, 0.3) is 0 Å². The molecule has 1 aliphatic rings. The molecule has 118 heavy (non-hydrogen) atoms. The summed E-state index contributed by atoms with van der Waals surface area (Å²) in [6.45, 7) is 41.5. The molecule has 13 rings (SSSR count). The number of methoxy groups -OCH3 is 4. The quantitative estimate of drug-likeness (QED) is 0.0884. The van der Waals surface area contributed by atoms with Crippen LogP contribution < -0.4 is 60.2 Å². The van der Waals surface area contributed by atoms with Gasteiger partial charge in [0.1, 0.15) is 47.7 Å². The lowest BCUT2D eigenvalue weighted by molar-refractivity contribution is 0.301. The summed E-state index contributed by atoms with van der Waals surface area (Å²) >= 11 is 0. The van der Waals surface area contributed by atoms with Gasteiger partial charge in [0.15, 0.2) is 14.3 Å². The van der Waals surface area contributed by atoms with E-state index in [0.717, 1.165) is 155 Å². The zero-order valence-corrected chi connectivity index (χ0v) is 75.7. The Labute approximate surface area is 704 Å². The Bertz CT molecular complexity index is 5110. The summed E-state index contributed by atoms with van der Waals surface area (Å²) in [4.78, 5) is 0. The number of hydrogen-bond acceptors (Lipinski definition) is 8. The Morgan fingerprint density at radius 3 is 0.559 bits per heavy atom. The summed E-state index contributed by atoms with van der Waals surface area (Å²) in [6.07, 6.45) is 2.72. The van der Waals surface area contributed by atoms with Crippen LogP contribution in [0.25, 0.3) is 0 Å². The lowest BCUT2D eigenvalue weighted by Crippen LogP contribution is -2.28. The van der Waals surface area contributed by atoms with E-state index < -0.39 is 14.3 Å². The van der Waals surface area contributed by atoms with Crippen molar-refractivity contribution in [1.82, 2.24) is 0 Å². The summed E-state index contributed by atoms with van der Waals surface area (Å²) in [7, 11) is 0.289. The van der Waals surface area contributed by atoms with Crippen LogP contribution in [-0.4, -0.2) is 28.4 Å². The molecule has 8 nitrogen and oxygen atoms in total. The fourth-order valence-electron chi connectivity index (χ4n) is 16.9. The van der Waals surface area contributed by atoms with E-state index in [9.17, 15) is 0 Å². The van der Waals surface area contributed by atoms with E-state index in [2.05, 4.69) is 210 Å². The predicted molar refractivity (Wildman–Crippen MR) is 494 cm³/mol. The molecular formula is C108H122O8P2. The Hall–Kier alpha value is -10.1. The smallest absolute Gasteiger partial charge is 0.171 e. The fourth-order valence-corrected chi connectivity index (χ4v) is 22.7. The van der Waals surface area contributed by atoms with Crippen LogP contribution in [0.15, 0.2) is 243 Å². The van der Waals surface area contributed by atoms with Crippen molar-refractivity contribution in [3.63, 3.8) is 0 Å². The largest absolute Gasteiger partial charge is 0.496 e. The first-order valence-corrected chi connectivity index (χ1v) is 45.2. The van der Waals surface area contributed by atoms with Crippen molar-refractivity contribution < 1.29 is 37.6 Å². The summed E-state index contributed by atoms with van der Waals surface area (Å²) in [5.41, 5.74) is 19.0. The number of hydrogen-bond donors (Lipinski definition) is 0. The van der Waals surface area contributed by atoms with E-state index >= 15 is 9.13 Å². The molecule has 10 heteroatoms. The minimum Gasteiger partial charge on any atom is -0.496 e. The number of fused-ring (bicyclic) bond motifs is 12. The molecule has 0 aromatic heterocycles. The van der Waals surface area contributed by atoms with Crippen LogP contribution in [0.3, 0.4) is 0 Å². The van der Waals surface area contributed by atoms with Gasteiger partial charge in [-0.1, -0.05) is 367 Å². The first kappa shape index (κ1) is 85.8. The van der Waals surface area contributed by atoms with Crippen LogP contribution in [-0.2, 0) is 93.4 Å². The molecule has 0 spiro atoms. The third-order valence-electron chi connectivity index (χ3n) is 23.6. The monoisotopic (exact) mass is 1610 g/mol. The highest BCUT2D eigenvalue weighted by atomic mass is 31.2. The van der Waals surface area contributed by atoms with E-state index in [0.29, 0.717) is 38.5 Å². The molecule has 12 bridgehead atoms. The molecule has 12 aromatic rings. The average molecular weight is 1610 g/mol. The minimum absolute atomic E-state index is 0.122. The van der Waals surface area contributed by atoms with Crippen LogP contribution in [0.5, 0.6) is 34.5 Å². The Morgan fingerprint density at radius 1 is 0.229 bits per heavy atom. The van der Waals surface area contributed by atoms with Crippen molar-refractivity contribution >= 4 is 46.1 Å². The molecule has 0 radical (unpaired) electrons. The lowest BCUT2D eigenvalue weighted by atomic mass is 9.79. The van der Waals surface area contributed by atoms with E-state index in [1.54, 1.807) is 0 Å². The lowest BCUT2D eigenvalue weighted by Gasteiger charge is -2.29. The van der Waals surface area contributed by atoms with Gasteiger partial charge in [-0.3, -0.25) is 0 Å². The molecule has 12 aromatic carbocycles. The minimum atomic E-state index is -3.48. The van der Waals surface area contributed by atoms with E-state index in [4.69, 9.17) is 28.4 Å². The molecule has 0 heterocycles. The molecular weight excluding hydrogens is 1490 g/mol. The Kier molecular flexibility index (Phi) is 24.7. The van der Waals surface area contributed by atoms with Crippen LogP contribution in [0.4, 0.5) is 0 Å². The zero-order chi connectivity index (χ0) is 84.7. The molecule has 0 N–H and O–H groups in total. The number of rotatable bonds is 16. The van der Waals surface area contributed by atoms with Gasteiger partial charge >= 0.3 is 0 Å². The van der Waals surface area contributed by atoms with Crippen LogP contribution in [0.1, 0.15) is 236 Å². The van der Waals surface area contributed by atoms with Crippen molar-refractivity contribution in [2.75, 3.05) is 28.4 Å². The second-order valence-electron chi connectivity index (χ2n) is 38.5. The number of benzene rings is 12. The molecule has 1 aliphatic carbocycles. The summed E-state index contributed by atoms with van der Waals surface area (Å²) < 4.78 is 76.5. The summed E-state index contributed by atoms with van der Waals surface area (Å²) in [5.74, 6) is 4.66. The summed E-state index contributed by atoms with van der Waals surface area (Å²) in [5, 5.41) is 4.48. The highest BCUT2D eigenvalue weighted by Gasteiger charge is 2.37. The van der Waals surface area contributed by atoms with Gasteiger partial charge in [-0.25, -0.2) is 0 Å². The number of ether oxygens (including phenoxy) is 6. The van der Waals surface area contributed by atoms with Crippen LogP contribution in [0, 0.1) is 0 Å². The SMILES string of the molecule is COc1c2cc(C(C)(C)C)cc1Cc1cc(C(C)(C)C)cc(c1OCc1ccccc1P(=O)(c1ccccc1)c1ccccc1)Cc1cc(C(C)(C)C)cc(c1OC)Cc1cc(C(C)(C)C)cc(c1OC)Cc1cc(C(C)(C)C)cc(c1OCc1ccccc1P(=O)(c1ccccc1)c1ccccc1)Cc1cc(C(C)(C)C)cc(c1OC)C2. The van der Waals surface area contributed by atoms with Crippen molar-refractivity contribution in [3.8, 4) is 34.5 Å². The standard InChI is InChI=1S/C108H122O8P2/c1-103(2,3)85-57-73-51-74-58-86(104(4,5)6)62-78(98(74)112-20)54-83-67-90(108(16,17)18)68-84(102(83)116-70-72-40-36-38-50-96(72)118(110,93-45-31-25-32-46-93)94-47-33-26-34-48-94)56-80-64-88(106(10,11)12)60-76(100(80)114-22)52-75-59-87(105(7,8)9)63-79(99(75)113-21)55-82-66-89(107(13,14)15)65-81(53-77(61-85)97(73)111-19)101(82)115-69-71-39-35-37-49-95(71)117(109,91-41-27-23-28-42-91)92-43-29-24-30-44-92/h23-50,57-68H,51-56,69-70H2,1-22H3. The first-order valence-electron chi connectivity index (χ1n) is 41.8.